The summed E-state index contributed by atoms with van der Waals surface area (Å²) in [6, 6.07) is 3.80. The fraction of sp³-hybridized carbons (Fsp3) is 0.231. The van der Waals surface area contributed by atoms with Crippen molar-refractivity contribution < 1.29 is 13.2 Å². The molecule has 98 valence electrons. The van der Waals surface area contributed by atoms with Crippen molar-refractivity contribution in [3.8, 4) is 0 Å². The predicted molar refractivity (Wildman–Crippen MR) is 66.8 cm³/mol. The molecule has 0 aliphatic heterocycles. The fourth-order valence-corrected chi connectivity index (χ4v) is 1.53. The molecule has 0 radical (unpaired) electrons. The van der Waals surface area contributed by atoms with Crippen LogP contribution in [0.25, 0.3) is 0 Å². The minimum Gasteiger partial charge on any atom is -0.401 e. The number of benzene rings is 1. The standard InChI is InChI=1S/C13H15F3N2/c1-4-18(8-10(3)17)12-6-9(2)5-11(7-12)13(14,15)16/h4-8H,1,17H2,2-3H3/b10-8-. The Morgan fingerprint density at radius 3 is 2.39 bits per heavy atom. The molecule has 0 spiro atoms. The maximum atomic E-state index is 12.7. The van der Waals surface area contributed by atoms with Gasteiger partial charge in [0, 0.05) is 23.8 Å². The topological polar surface area (TPSA) is 29.3 Å². The fourth-order valence-electron chi connectivity index (χ4n) is 1.53. The van der Waals surface area contributed by atoms with Crippen LogP contribution < -0.4 is 10.6 Å². The summed E-state index contributed by atoms with van der Waals surface area (Å²) in [7, 11) is 0. The molecule has 0 aliphatic rings. The lowest BCUT2D eigenvalue weighted by atomic mass is 10.1. The van der Waals surface area contributed by atoms with Crippen molar-refractivity contribution in [1.29, 1.82) is 0 Å². The lowest BCUT2D eigenvalue weighted by molar-refractivity contribution is -0.137. The molecule has 0 atom stereocenters. The highest BCUT2D eigenvalue weighted by Crippen LogP contribution is 2.33. The van der Waals surface area contributed by atoms with Gasteiger partial charge in [-0.25, -0.2) is 0 Å². The number of aryl methyl sites for hydroxylation is 1. The zero-order valence-corrected chi connectivity index (χ0v) is 10.3. The highest BCUT2D eigenvalue weighted by atomic mass is 19.4. The van der Waals surface area contributed by atoms with Gasteiger partial charge in [0.15, 0.2) is 0 Å². The molecule has 0 bridgehead atoms. The lowest BCUT2D eigenvalue weighted by Crippen LogP contribution is -2.12. The van der Waals surface area contributed by atoms with Crippen LogP contribution in [-0.4, -0.2) is 0 Å². The van der Waals surface area contributed by atoms with Crippen LogP contribution in [0.2, 0.25) is 0 Å². The Balaban J connectivity index is 3.28. The molecule has 0 unspecified atom stereocenters. The lowest BCUT2D eigenvalue weighted by Gasteiger charge is -2.18. The van der Waals surface area contributed by atoms with Gasteiger partial charge >= 0.3 is 6.18 Å². The second-order valence-electron chi connectivity index (χ2n) is 4.02. The first-order chi connectivity index (χ1) is 8.24. The maximum Gasteiger partial charge on any atom is 0.416 e. The zero-order valence-electron chi connectivity index (χ0n) is 10.3. The molecular weight excluding hydrogens is 241 g/mol. The third kappa shape index (κ3) is 3.55. The molecule has 2 N–H and O–H groups in total. The molecule has 5 heteroatoms. The summed E-state index contributed by atoms with van der Waals surface area (Å²) in [4.78, 5) is 1.46. The van der Waals surface area contributed by atoms with Gasteiger partial charge in [0.1, 0.15) is 0 Å². The van der Waals surface area contributed by atoms with Gasteiger partial charge in [-0.3, -0.25) is 0 Å². The summed E-state index contributed by atoms with van der Waals surface area (Å²) in [5, 5.41) is 0. The summed E-state index contributed by atoms with van der Waals surface area (Å²) in [5.41, 5.74) is 6.21. The highest BCUT2D eigenvalue weighted by Gasteiger charge is 2.31. The normalized spacial score (nSPS) is 12.4. The summed E-state index contributed by atoms with van der Waals surface area (Å²) in [5.74, 6) is 0. The molecule has 0 fully saturated rings. The van der Waals surface area contributed by atoms with Crippen LogP contribution >= 0.6 is 0 Å². The van der Waals surface area contributed by atoms with Gasteiger partial charge in [0.25, 0.3) is 0 Å². The monoisotopic (exact) mass is 256 g/mol. The Morgan fingerprint density at radius 2 is 1.94 bits per heavy atom. The van der Waals surface area contributed by atoms with E-state index in [1.165, 1.54) is 17.3 Å². The summed E-state index contributed by atoms with van der Waals surface area (Å²) < 4.78 is 38.1. The summed E-state index contributed by atoms with van der Waals surface area (Å²) in [6.45, 7) is 6.82. The third-order valence-electron chi connectivity index (χ3n) is 2.23. The van der Waals surface area contributed by atoms with Crippen molar-refractivity contribution in [1.82, 2.24) is 0 Å². The Hall–Kier alpha value is -1.91. The van der Waals surface area contributed by atoms with Gasteiger partial charge in [0.05, 0.1) is 5.56 Å². The van der Waals surface area contributed by atoms with Crippen molar-refractivity contribution in [3.63, 3.8) is 0 Å². The van der Waals surface area contributed by atoms with Gasteiger partial charge < -0.3 is 10.6 Å². The predicted octanol–water partition coefficient (Wildman–Crippen LogP) is 3.78. The first kappa shape index (κ1) is 14.2. The molecule has 2 nitrogen and oxygen atoms in total. The van der Waals surface area contributed by atoms with Crippen LogP contribution in [0.3, 0.4) is 0 Å². The number of rotatable bonds is 3. The number of nitrogens with zero attached hydrogens (tertiary/aromatic N) is 1. The number of allylic oxidation sites excluding steroid dienone is 1. The largest absolute Gasteiger partial charge is 0.416 e. The van der Waals surface area contributed by atoms with E-state index in [9.17, 15) is 13.2 Å². The molecular formula is C13H15F3N2. The quantitative estimate of drug-likeness (QED) is 0.891. The van der Waals surface area contributed by atoms with E-state index in [4.69, 9.17) is 5.73 Å². The van der Waals surface area contributed by atoms with Crippen LogP contribution in [0.1, 0.15) is 18.1 Å². The van der Waals surface area contributed by atoms with Crippen LogP contribution in [-0.2, 0) is 6.18 Å². The number of hydrogen-bond acceptors (Lipinski definition) is 2. The minimum absolute atomic E-state index is 0.377. The average molecular weight is 256 g/mol. The summed E-state index contributed by atoms with van der Waals surface area (Å²) in [6.07, 6.45) is -1.44. The SMILES string of the molecule is C=CN(/C=C(/C)N)c1cc(C)cc(C(F)(F)F)c1. The smallest absolute Gasteiger partial charge is 0.401 e. The third-order valence-corrected chi connectivity index (χ3v) is 2.23. The number of alkyl halides is 3. The number of halogens is 3. The van der Waals surface area contributed by atoms with Crippen molar-refractivity contribution in [3.05, 3.63) is 54.0 Å². The van der Waals surface area contributed by atoms with Crippen LogP contribution in [0.4, 0.5) is 18.9 Å². The average Bonchev–Trinajstić information content (AvgIpc) is 2.23. The van der Waals surface area contributed by atoms with Crippen LogP contribution in [0, 0.1) is 6.92 Å². The van der Waals surface area contributed by atoms with Crippen LogP contribution in [0.5, 0.6) is 0 Å². The molecule has 1 aromatic rings. The van der Waals surface area contributed by atoms with E-state index in [1.807, 2.05) is 0 Å². The van der Waals surface area contributed by atoms with Crippen LogP contribution in [0.15, 0.2) is 42.9 Å². The molecule has 0 saturated heterocycles. The van der Waals surface area contributed by atoms with Crippen molar-refractivity contribution in [2.75, 3.05) is 4.90 Å². The number of anilines is 1. The Kier molecular flexibility index (Phi) is 4.06. The molecule has 1 aromatic carbocycles. The number of nitrogens with two attached hydrogens (primary N) is 1. The zero-order chi connectivity index (χ0) is 13.9. The van der Waals surface area contributed by atoms with Gasteiger partial charge in [-0.05, 0) is 37.6 Å². The second-order valence-corrected chi connectivity index (χ2v) is 4.02. The van der Waals surface area contributed by atoms with E-state index in [0.717, 1.165) is 12.1 Å². The molecule has 0 amide bonds. The minimum atomic E-state index is -4.37. The number of hydrogen-bond donors (Lipinski definition) is 1. The first-order valence-electron chi connectivity index (χ1n) is 5.27. The molecule has 0 heterocycles. The van der Waals surface area contributed by atoms with E-state index in [-0.39, 0.29) is 0 Å². The van der Waals surface area contributed by atoms with Gasteiger partial charge in [-0.1, -0.05) is 6.58 Å². The Bertz CT molecular complexity index is 472. The van der Waals surface area contributed by atoms with E-state index in [1.54, 1.807) is 19.9 Å². The molecule has 18 heavy (non-hydrogen) atoms. The summed E-state index contributed by atoms with van der Waals surface area (Å²) >= 11 is 0. The second kappa shape index (κ2) is 5.16. The van der Waals surface area contributed by atoms with E-state index < -0.39 is 11.7 Å². The molecule has 0 saturated carbocycles. The van der Waals surface area contributed by atoms with Gasteiger partial charge in [0.2, 0.25) is 0 Å². The molecule has 0 aliphatic carbocycles. The Labute approximate surface area is 104 Å². The van der Waals surface area contributed by atoms with Gasteiger partial charge in [-0.15, -0.1) is 0 Å². The maximum absolute atomic E-state index is 12.7. The van der Waals surface area contributed by atoms with E-state index in [2.05, 4.69) is 6.58 Å². The van der Waals surface area contributed by atoms with Crippen molar-refractivity contribution in [2.45, 2.75) is 20.0 Å². The highest BCUT2D eigenvalue weighted by molar-refractivity contribution is 5.56. The Morgan fingerprint density at radius 1 is 1.33 bits per heavy atom. The first-order valence-corrected chi connectivity index (χ1v) is 5.27. The molecule has 0 aromatic heterocycles. The van der Waals surface area contributed by atoms with E-state index in [0.29, 0.717) is 16.9 Å². The molecule has 1 rings (SSSR count). The van der Waals surface area contributed by atoms with E-state index >= 15 is 0 Å². The van der Waals surface area contributed by atoms with Crippen molar-refractivity contribution in [2.24, 2.45) is 5.73 Å². The van der Waals surface area contributed by atoms with Crippen molar-refractivity contribution >= 4 is 5.69 Å². The van der Waals surface area contributed by atoms with Gasteiger partial charge in [-0.2, -0.15) is 13.2 Å².